The average molecular weight is 296 g/mol. The van der Waals surface area contributed by atoms with Crippen molar-refractivity contribution in [2.75, 3.05) is 0 Å². The zero-order valence-electron chi connectivity index (χ0n) is 5.94. The molecule has 62 valence electrons. The van der Waals surface area contributed by atoms with Crippen molar-refractivity contribution in [1.29, 1.82) is 0 Å². The van der Waals surface area contributed by atoms with E-state index in [1.54, 1.807) is 0 Å². The zero-order chi connectivity index (χ0) is 9.02. The molecule has 12 heavy (non-hydrogen) atoms. The first-order valence-electron chi connectivity index (χ1n) is 2.16. The summed E-state index contributed by atoms with van der Waals surface area (Å²) in [5, 5.41) is 17.8. The molecule has 0 heterocycles. The van der Waals surface area contributed by atoms with Crippen molar-refractivity contribution in [1.82, 2.24) is 0 Å². The van der Waals surface area contributed by atoms with Crippen LogP contribution in [0.3, 0.4) is 0 Å². The Labute approximate surface area is 96.1 Å². The molecular formula is C4H2INaO6. The zero-order valence-corrected chi connectivity index (χ0v) is 10.1. The van der Waals surface area contributed by atoms with Gasteiger partial charge < -0.3 is 15.0 Å². The van der Waals surface area contributed by atoms with Crippen LogP contribution in [0.1, 0.15) is 0 Å². The number of hydrogen-bond acceptors (Lipinski definition) is 5. The van der Waals surface area contributed by atoms with Crippen molar-refractivity contribution >= 4 is 31.7 Å². The molecule has 0 rings (SSSR count). The van der Waals surface area contributed by atoms with E-state index in [1.165, 1.54) is 0 Å². The predicted octanol–water partition coefficient (Wildman–Crippen LogP) is -4.09. The Kier molecular flexibility index (Phi) is 7.89. The second-order valence-electron chi connectivity index (χ2n) is 1.34. The first-order valence-corrected chi connectivity index (χ1v) is 5.00. The van der Waals surface area contributed by atoms with Gasteiger partial charge in [0.2, 0.25) is 0 Å². The molecule has 0 bridgehead atoms. The molecule has 0 aliphatic rings. The molecule has 8 heteroatoms. The molecule has 0 unspecified atom stereocenters. The number of carbonyl (C=O) groups excluding carboxylic acids is 1. The van der Waals surface area contributed by atoms with E-state index in [-0.39, 0.29) is 35.6 Å². The van der Waals surface area contributed by atoms with Crippen LogP contribution in [0.15, 0.2) is 9.66 Å². The molecule has 0 aliphatic carbocycles. The Morgan fingerprint density at radius 2 is 1.75 bits per heavy atom. The minimum atomic E-state index is -4.24. The van der Waals surface area contributed by atoms with E-state index in [0.29, 0.717) is 0 Å². The molecule has 6 nitrogen and oxygen atoms in total. The van der Waals surface area contributed by atoms with Crippen molar-refractivity contribution in [3.05, 3.63) is 9.66 Å². The second kappa shape index (κ2) is 6.52. The van der Waals surface area contributed by atoms with Gasteiger partial charge >= 0.3 is 55.3 Å². The third-order valence-corrected chi connectivity index (χ3v) is 2.31. The second-order valence-corrected chi connectivity index (χ2v) is 3.74. The van der Waals surface area contributed by atoms with E-state index >= 15 is 0 Å². The van der Waals surface area contributed by atoms with Gasteiger partial charge in [0.25, 0.3) is 0 Å². The van der Waals surface area contributed by atoms with Crippen LogP contribution in [0.5, 0.6) is 0 Å². The largest absolute Gasteiger partial charge is 1.00 e. The summed E-state index contributed by atoms with van der Waals surface area (Å²) in [6.07, 6.45) is 0.0974. The Morgan fingerprint density at radius 3 is 1.83 bits per heavy atom. The SMILES string of the molecule is O=C(O)/C=C(/C(=O)[O-])I(=O)=O.[Na+]. The van der Waals surface area contributed by atoms with Crippen molar-refractivity contribution < 1.29 is 55.5 Å². The monoisotopic (exact) mass is 296 g/mol. The van der Waals surface area contributed by atoms with E-state index < -0.39 is 35.3 Å². The Balaban J connectivity index is 0. The summed E-state index contributed by atoms with van der Waals surface area (Å²) < 4.78 is 19.0. The molecule has 0 aromatic carbocycles. The summed E-state index contributed by atoms with van der Waals surface area (Å²) in [5.41, 5.74) is 0. The van der Waals surface area contributed by atoms with Gasteiger partial charge in [0.1, 0.15) is 3.58 Å². The maximum atomic E-state index is 10.1. The van der Waals surface area contributed by atoms with Gasteiger partial charge in [-0.15, -0.1) is 0 Å². The summed E-state index contributed by atoms with van der Waals surface area (Å²) in [6, 6.07) is 0. The van der Waals surface area contributed by atoms with Crippen LogP contribution < -0.4 is 34.7 Å². The predicted molar refractivity (Wildman–Crippen MR) is 36.1 cm³/mol. The quantitative estimate of drug-likeness (QED) is 0.322. The molecule has 0 aromatic heterocycles. The topological polar surface area (TPSA) is 112 Å². The van der Waals surface area contributed by atoms with Crippen molar-refractivity contribution in [3.8, 4) is 0 Å². The minimum Gasteiger partial charge on any atom is -0.544 e. The smallest absolute Gasteiger partial charge is 0.544 e. The molecule has 1 N–H and O–H groups in total. The van der Waals surface area contributed by atoms with E-state index in [1.807, 2.05) is 0 Å². The fraction of sp³-hybridized carbons (Fsp3) is 0. The van der Waals surface area contributed by atoms with Crippen molar-refractivity contribution in [2.45, 2.75) is 0 Å². The van der Waals surface area contributed by atoms with Crippen molar-refractivity contribution in [3.63, 3.8) is 0 Å². The van der Waals surface area contributed by atoms with Crippen LogP contribution in [0, 0.1) is 0 Å². The van der Waals surface area contributed by atoms with E-state index in [9.17, 15) is 20.8 Å². The third-order valence-electron chi connectivity index (χ3n) is 0.611. The van der Waals surface area contributed by atoms with Crippen LogP contribution in [-0.2, 0) is 15.7 Å². The first-order chi connectivity index (χ1) is 4.95. The summed E-state index contributed by atoms with van der Waals surface area (Å²) in [5.74, 6) is -3.61. The molecule has 0 aliphatic heterocycles. The Morgan fingerprint density at radius 1 is 1.33 bits per heavy atom. The number of halogens is 1. The van der Waals surface area contributed by atoms with Crippen LogP contribution in [0.25, 0.3) is 0 Å². The molecule has 0 saturated heterocycles. The maximum absolute atomic E-state index is 10.1. The summed E-state index contributed by atoms with van der Waals surface area (Å²) in [4.78, 5) is 19.7. The third kappa shape index (κ3) is 5.63. The van der Waals surface area contributed by atoms with Crippen molar-refractivity contribution in [2.24, 2.45) is 0 Å². The number of aliphatic carboxylic acids is 2. The molecule has 0 spiro atoms. The number of hydrogen-bond donors (Lipinski definition) is 1. The van der Waals surface area contributed by atoms with Crippen LogP contribution in [0.4, 0.5) is 0 Å². The van der Waals surface area contributed by atoms with E-state index in [4.69, 9.17) is 5.11 Å². The van der Waals surface area contributed by atoms with Gasteiger partial charge in [-0.2, -0.15) is 0 Å². The molecule has 0 amide bonds. The standard InChI is InChI=1S/C4H3IO6.Na/c6-3(7)1-2(4(8)9)5(10)11;/h1H,(H,6,7)(H,8,9);/q;+1/p-1/b2-1-;. The van der Waals surface area contributed by atoms with Gasteiger partial charge in [0.05, 0.1) is 5.97 Å². The molecule has 0 radical (unpaired) electrons. The number of rotatable bonds is 3. The van der Waals surface area contributed by atoms with Gasteiger partial charge in [0, 0.05) is 6.08 Å². The average Bonchev–Trinajstić information content (AvgIpc) is 1.81. The van der Waals surface area contributed by atoms with Crippen LogP contribution in [-0.4, -0.2) is 17.0 Å². The molecular weight excluding hydrogens is 294 g/mol. The first kappa shape index (κ1) is 14.5. The van der Waals surface area contributed by atoms with Gasteiger partial charge in [-0.05, 0) is 0 Å². The summed E-state index contributed by atoms with van der Waals surface area (Å²) in [7, 11) is 0. The van der Waals surface area contributed by atoms with E-state index in [0.717, 1.165) is 0 Å². The van der Waals surface area contributed by atoms with Gasteiger partial charge in [-0.25, -0.2) is 10.9 Å². The van der Waals surface area contributed by atoms with E-state index in [2.05, 4.69) is 0 Å². The van der Waals surface area contributed by atoms with Gasteiger partial charge in [-0.3, -0.25) is 0 Å². The van der Waals surface area contributed by atoms with Crippen LogP contribution in [0.2, 0.25) is 0 Å². The molecule has 0 fully saturated rings. The number of carbonyl (C=O) groups is 2. The van der Waals surface area contributed by atoms with Gasteiger partial charge in [0.15, 0.2) is 0 Å². The molecule has 0 saturated carbocycles. The molecule has 0 atom stereocenters. The summed E-state index contributed by atoms with van der Waals surface area (Å²) >= 11 is -4.24. The number of carboxylic acids is 2. The van der Waals surface area contributed by atoms with Crippen LogP contribution >= 0.6 is 19.8 Å². The Hall–Kier alpha value is 0.0100. The number of carboxylic acid groups (broad SMARTS) is 2. The fourth-order valence-corrected chi connectivity index (χ4v) is 1.16. The maximum Gasteiger partial charge on any atom is 1.00 e. The fourth-order valence-electron chi connectivity index (χ4n) is 0.275. The normalized spacial score (nSPS) is 10.6. The summed E-state index contributed by atoms with van der Waals surface area (Å²) in [6.45, 7) is 0. The molecule has 0 aromatic rings. The minimum absolute atomic E-state index is 0. The van der Waals surface area contributed by atoms with Gasteiger partial charge in [-0.1, -0.05) is 0 Å². The Bertz CT molecular complexity index is 282.